The summed E-state index contributed by atoms with van der Waals surface area (Å²) < 4.78 is 11.3. The fourth-order valence-electron chi connectivity index (χ4n) is 4.76. The number of carbonyl (C=O) groups excluding carboxylic acids is 1. The molecule has 1 aliphatic carbocycles. The number of nitrogens with zero attached hydrogens (tertiary/aromatic N) is 1. The van der Waals surface area contributed by atoms with Crippen LogP contribution in [0.15, 0.2) is 18.2 Å². The van der Waals surface area contributed by atoms with Crippen LogP contribution < -0.4 is 14.8 Å². The van der Waals surface area contributed by atoms with Gasteiger partial charge >= 0.3 is 0 Å². The van der Waals surface area contributed by atoms with Gasteiger partial charge in [-0.1, -0.05) is 25.0 Å². The van der Waals surface area contributed by atoms with Gasteiger partial charge in [-0.05, 0) is 51.3 Å². The first kappa shape index (κ1) is 16.7. The molecule has 2 fully saturated rings. The molecule has 3 aliphatic rings. The highest BCUT2D eigenvalue weighted by Gasteiger charge is 2.47. The van der Waals surface area contributed by atoms with Gasteiger partial charge in [-0.3, -0.25) is 9.69 Å². The molecule has 1 unspecified atom stereocenters. The minimum absolute atomic E-state index is 0.0344. The Hall–Kier alpha value is -1.75. The summed E-state index contributed by atoms with van der Waals surface area (Å²) in [5, 5.41) is 3.31. The summed E-state index contributed by atoms with van der Waals surface area (Å²) in [7, 11) is 1.66. The first-order valence-corrected chi connectivity index (χ1v) is 9.58. The number of likely N-dealkylation sites (tertiary alicyclic amines) is 1. The van der Waals surface area contributed by atoms with Crippen molar-refractivity contribution in [1.82, 2.24) is 10.2 Å². The molecule has 0 aromatic heterocycles. The van der Waals surface area contributed by atoms with Crippen LogP contribution in [0.1, 0.15) is 44.1 Å². The smallest absolute Gasteiger partial charge is 0.240 e. The lowest BCUT2D eigenvalue weighted by atomic mass is 9.92. The monoisotopic (exact) mass is 344 g/mol. The Bertz CT molecular complexity index is 634. The summed E-state index contributed by atoms with van der Waals surface area (Å²) in [6, 6.07) is 5.99. The van der Waals surface area contributed by atoms with Crippen LogP contribution >= 0.6 is 0 Å². The Labute approximate surface area is 149 Å². The molecule has 5 nitrogen and oxygen atoms in total. The molecule has 1 saturated carbocycles. The van der Waals surface area contributed by atoms with E-state index in [9.17, 15) is 4.79 Å². The normalized spacial score (nSPS) is 25.2. The highest BCUT2D eigenvalue weighted by Crippen LogP contribution is 2.38. The van der Waals surface area contributed by atoms with Crippen LogP contribution in [-0.2, 0) is 11.2 Å². The third kappa shape index (κ3) is 2.99. The van der Waals surface area contributed by atoms with E-state index in [1.165, 1.54) is 12.8 Å². The molecule has 4 rings (SSSR count). The van der Waals surface area contributed by atoms with Crippen molar-refractivity contribution in [3.63, 3.8) is 0 Å². The van der Waals surface area contributed by atoms with Crippen LogP contribution in [0.25, 0.3) is 0 Å². The zero-order valence-electron chi connectivity index (χ0n) is 15.1. The maximum absolute atomic E-state index is 13.2. The fourth-order valence-corrected chi connectivity index (χ4v) is 4.76. The standard InChI is InChI=1S/C20H28N2O3/c1-24-17-8-6-7-15-13-16(14-25-18(15)17)21-19(23)20(9-2-3-10-20)22-11-4-5-12-22/h6-8,16H,2-5,9-14H2,1H3,(H,21,23). The van der Waals surface area contributed by atoms with E-state index in [1.807, 2.05) is 12.1 Å². The second-order valence-corrected chi connectivity index (χ2v) is 7.57. The predicted octanol–water partition coefficient (Wildman–Crippen LogP) is 2.52. The predicted molar refractivity (Wildman–Crippen MR) is 96.1 cm³/mol. The van der Waals surface area contributed by atoms with E-state index in [0.29, 0.717) is 6.61 Å². The van der Waals surface area contributed by atoms with Crippen LogP contribution in [0.5, 0.6) is 11.5 Å². The third-order valence-electron chi connectivity index (χ3n) is 6.08. The number of rotatable bonds is 4. The van der Waals surface area contributed by atoms with E-state index in [4.69, 9.17) is 9.47 Å². The molecular formula is C20H28N2O3. The topological polar surface area (TPSA) is 50.8 Å². The van der Waals surface area contributed by atoms with Crippen LogP contribution in [0, 0.1) is 0 Å². The lowest BCUT2D eigenvalue weighted by Gasteiger charge is -2.39. The van der Waals surface area contributed by atoms with Gasteiger partial charge in [0.1, 0.15) is 12.1 Å². The zero-order valence-corrected chi connectivity index (χ0v) is 15.1. The van der Waals surface area contributed by atoms with Crippen molar-refractivity contribution in [3.8, 4) is 11.5 Å². The van der Waals surface area contributed by atoms with E-state index < -0.39 is 0 Å². The van der Waals surface area contributed by atoms with Crippen LogP contribution in [0.4, 0.5) is 0 Å². The first-order valence-electron chi connectivity index (χ1n) is 9.58. The van der Waals surface area contributed by atoms with Crippen molar-refractivity contribution >= 4 is 5.91 Å². The molecule has 0 radical (unpaired) electrons. The van der Waals surface area contributed by atoms with Crippen LogP contribution in [-0.4, -0.2) is 49.2 Å². The van der Waals surface area contributed by atoms with Gasteiger partial charge in [-0.2, -0.15) is 0 Å². The number of hydrogen-bond donors (Lipinski definition) is 1. The van der Waals surface area contributed by atoms with E-state index in [2.05, 4.69) is 16.3 Å². The number of carbonyl (C=O) groups is 1. The van der Waals surface area contributed by atoms with E-state index >= 15 is 0 Å². The van der Waals surface area contributed by atoms with Gasteiger partial charge in [-0.25, -0.2) is 0 Å². The summed E-state index contributed by atoms with van der Waals surface area (Å²) >= 11 is 0. The molecule has 1 aromatic carbocycles. The quantitative estimate of drug-likeness (QED) is 0.912. The van der Waals surface area contributed by atoms with Crippen molar-refractivity contribution in [1.29, 1.82) is 0 Å². The summed E-state index contributed by atoms with van der Waals surface area (Å²) in [6.07, 6.45) is 7.54. The van der Waals surface area contributed by atoms with Crippen LogP contribution in [0.2, 0.25) is 0 Å². The Morgan fingerprint density at radius 2 is 2.00 bits per heavy atom. The number of amides is 1. The van der Waals surface area contributed by atoms with Crippen molar-refractivity contribution in [2.45, 2.75) is 56.5 Å². The van der Waals surface area contributed by atoms with Gasteiger partial charge in [0.25, 0.3) is 0 Å². The Balaban J connectivity index is 1.47. The average Bonchev–Trinajstić information content (AvgIpc) is 3.33. The van der Waals surface area contributed by atoms with Crippen molar-refractivity contribution in [2.75, 3.05) is 26.8 Å². The molecule has 1 aromatic rings. The van der Waals surface area contributed by atoms with Gasteiger partial charge in [-0.15, -0.1) is 0 Å². The summed E-state index contributed by atoms with van der Waals surface area (Å²) in [5.74, 6) is 1.81. The molecule has 0 bridgehead atoms. The molecule has 136 valence electrons. The number of para-hydroxylation sites is 1. The molecular weight excluding hydrogens is 316 g/mol. The fraction of sp³-hybridized carbons (Fsp3) is 0.650. The molecule has 5 heteroatoms. The summed E-state index contributed by atoms with van der Waals surface area (Å²) in [5.41, 5.74) is 0.836. The van der Waals surface area contributed by atoms with Gasteiger partial charge in [0, 0.05) is 5.56 Å². The largest absolute Gasteiger partial charge is 0.493 e. The number of nitrogens with one attached hydrogen (secondary N) is 1. The molecule has 1 atom stereocenters. The average molecular weight is 344 g/mol. The minimum Gasteiger partial charge on any atom is -0.493 e. The minimum atomic E-state index is -0.273. The van der Waals surface area contributed by atoms with Gasteiger partial charge < -0.3 is 14.8 Å². The number of benzene rings is 1. The molecule has 2 aliphatic heterocycles. The Morgan fingerprint density at radius 3 is 2.72 bits per heavy atom. The van der Waals surface area contributed by atoms with Crippen molar-refractivity contribution in [2.24, 2.45) is 0 Å². The second-order valence-electron chi connectivity index (χ2n) is 7.57. The number of hydrogen-bond acceptors (Lipinski definition) is 4. The first-order chi connectivity index (χ1) is 12.2. The molecule has 0 spiro atoms. The molecule has 1 amide bonds. The summed E-state index contributed by atoms with van der Waals surface area (Å²) in [6.45, 7) is 2.64. The van der Waals surface area contributed by atoms with Gasteiger partial charge in [0.15, 0.2) is 11.5 Å². The Kier molecular flexibility index (Phi) is 4.59. The highest BCUT2D eigenvalue weighted by atomic mass is 16.5. The van der Waals surface area contributed by atoms with E-state index in [0.717, 1.165) is 62.3 Å². The third-order valence-corrected chi connectivity index (χ3v) is 6.08. The van der Waals surface area contributed by atoms with Gasteiger partial charge in [0.05, 0.1) is 13.2 Å². The van der Waals surface area contributed by atoms with E-state index in [1.54, 1.807) is 7.11 Å². The molecule has 25 heavy (non-hydrogen) atoms. The lowest BCUT2D eigenvalue weighted by molar-refractivity contribution is -0.134. The van der Waals surface area contributed by atoms with Crippen molar-refractivity contribution < 1.29 is 14.3 Å². The van der Waals surface area contributed by atoms with Crippen molar-refractivity contribution in [3.05, 3.63) is 23.8 Å². The van der Waals surface area contributed by atoms with E-state index in [-0.39, 0.29) is 17.5 Å². The number of fused-ring (bicyclic) bond motifs is 1. The molecule has 1 saturated heterocycles. The molecule has 2 heterocycles. The number of ether oxygens (including phenoxy) is 2. The molecule has 1 N–H and O–H groups in total. The van der Waals surface area contributed by atoms with Crippen LogP contribution in [0.3, 0.4) is 0 Å². The van der Waals surface area contributed by atoms with Gasteiger partial charge in [0.2, 0.25) is 5.91 Å². The maximum atomic E-state index is 13.2. The maximum Gasteiger partial charge on any atom is 0.240 e. The number of methoxy groups -OCH3 is 1. The lowest BCUT2D eigenvalue weighted by Crippen LogP contribution is -2.59. The zero-order chi connectivity index (χ0) is 17.3. The SMILES string of the molecule is COc1cccc2c1OCC(NC(=O)C1(N3CCCC3)CCCC1)C2. The summed E-state index contributed by atoms with van der Waals surface area (Å²) in [4.78, 5) is 15.7. The second kappa shape index (κ2) is 6.87. The Morgan fingerprint density at radius 1 is 1.24 bits per heavy atom. The highest BCUT2D eigenvalue weighted by molar-refractivity contribution is 5.87.